The molecular formula is C9H15NO3. The maximum atomic E-state index is 11.0. The Labute approximate surface area is 77.3 Å². The van der Waals surface area contributed by atoms with Gasteiger partial charge in [0.05, 0.1) is 0 Å². The summed E-state index contributed by atoms with van der Waals surface area (Å²) < 4.78 is 0. The van der Waals surface area contributed by atoms with Gasteiger partial charge >= 0.3 is 5.97 Å². The van der Waals surface area contributed by atoms with E-state index < -0.39 is 12.0 Å². The highest BCUT2D eigenvalue weighted by atomic mass is 16.4. The molecule has 0 saturated carbocycles. The molecule has 0 aromatic carbocycles. The predicted molar refractivity (Wildman–Crippen MR) is 47.1 cm³/mol. The summed E-state index contributed by atoms with van der Waals surface area (Å²) in [4.78, 5) is 21.8. The van der Waals surface area contributed by atoms with Crippen molar-refractivity contribution in [3.63, 3.8) is 0 Å². The maximum Gasteiger partial charge on any atom is 0.326 e. The average Bonchev–Trinajstić information content (AvgIpc) is 2.46. The smallest absolute Gasteiger partial charge is 0.326 e. The van der Waals surface area contributed by atoms with Crippen LogP contribution in [0.25, 0.3) is 0 Å². The second-order valence-electron chi connectivity index (χ2n) is 3.64. The summed E-state index contributed by atoms with van der Waals surface area (Å²) in [5.41, 5.74) is 0. The first kappa shape index (κ1) is 10.0. The van der Waals surface area contributed by atoms with E-state index in [0.717, 1.165) is 6.42 Å². The van der Waals surface area contributed by atoms with Crippen LogP contribution in [0.1, 0.15) is 26.7 Å². The van der Waals surface area contributed by atoms with Gasteiger partial charge in [-0.15, -0.1) is 0 Å². The first-order valence-corrected chi connectivity index (χ1v) is 4.58. The van der Waals surface area contributed by atoms with Crippen LogP contribution in [0.2, 0.25) is 0 Å². The number of hydrogen-bond acceptors (Lipinski definition) is 2. The minimum Gasteiger partial charge on any atom is -0.480 e. The van der Waals surface area contributed by atoms with Crippen LogP contribution in [0, 0.1) is 11.8 Å². The van der Waals surface area contributed by atoms with Gasteiger partial charge in [-0.05, 0) is 5.92 Å². The molecule has 1 heterocycles. The molecule has 4 heteroatoms. The van der Waals surface area contributed by atoms with Crippen molar-refractivity contribution in [2.24, 2.45) is 11.8 Å². The molecule has 74 valence electrons. The molecule has 3 unspecified atom stereocenters. The van der Waals surface area contributed by atoms with Crippen molar-refractivity contribution < 1.29 is 14.7 Å². The number of carbonyl (C=O) groups excluding carboxylic acids is 1. The Morgan fingerprint density at radius 2 is 2.38 bits per heavy atom. The zero-order valence-electron chi connectivity index (χ0n) is 7.91. The molecular weight excluding hydrogens is 170 g/mol. The number of rotatable bonds is 3. The highest BCUT2D eigenvalue weighted by Crippen LogP contribution is 2.27. The third kappa shape index (κ3) is 1.99. The van der Waals surface area contributed by atoms with Crippen LogP contribution in [-0.4, -0.2) is 23.0 Å². The number of nitrogens with one attached hydrogen (secondary N) is 1. The number of amides is 1. The highest BCUT2D eigenvalue weighted by Gasteiger charge is 2.39. The van der Waals surface area contributed by atoms with Gasteiger partial charge in [0.2, 0.25) is 5.91 Å². The minimum absolute atomic E-state index is 0.0463. The molecule has 1 fully saturated rings. The van der Waals surface area contributed by atoms with E-state index in [2.05, 4.69) is 5.32 Å². The lowest BCUT2D eigenvalue weighted by Gasteiger charge is -2.20. The number of carboxylic acid groups (broad SMARTS) is 1. The Hall–Kier alpha value is -1.06. The van der Waals surface area contributed by atoms with Gasteiger partial charge in [-0.25, -0.2) is 4.79 Å². The van der Waals surface area contributed by atoms with Crippen LogP contribution < -0.4 is 5.32 Å². The minimum atomic E-state index is -0.920. The molecule has 0 aromatic rings. The van der Waals surface area contributed by atoms with Crippen molar-refractivity contribution in [1.29, 1.82) is 0 Å². The van der Waals surface area contributed by atoms with Gasteiger partial charge in [0.15, 0.2) is 0 Å². The molecule has 1 aliphatic heterocycles. The van der Waals surface area contributed by atoms with Crippen molar-refractivity contribution in [2.75, 3.05) is 0 Å². The Bertz CT molecular complexity index is 227. The summed E-state index contributed by atoms with van der Waals surface area (Å²) in [5, 5.41) is 11.3. The zero-order valence-corrected chi connectivity index (χ0v) is 7.91. The molecule has 1 rings (SSSR count). The molecule has 1 aliphatic rings. The van der Waals surface area contributed by atoms with Crippen molar-refractivity contribution in [1.82, 2.24) is 5.32 Å². The van der Waals surface area contributed by atoms with E-state index >= 15 is 0 Å². The van der Waals surface area contributed by atoms with E-state index in [4.69, 9.17) is 5.11 Å². The van der Waals surface area contributed by atoms with E-state index in [0.29, 0.717) is 6.42 Å². The first-order chi connectivity index (χ1) is 6.06. The van der Waals surface area contributed by atoms with Gasteiger partial charge in [-0.2, -0.15) is 0 Å². The number of hydrogen-bond donors (Lipinski definition) is 2. The van der Waals surface area contributed by atoms with Crippen molar-refractivity contribution >= 4 is 11.9 Å². The molecule has 0 aromatic heterocycles. The summed E-state index contributed by atoms with van der Waals surface area (Å²) >= 11 is 0. The second-order valence-corrected chi connectivity index (χ2v) is 3.64. The van der Waals surface area contributed by atoms with E-state index in [1.807, 2.05) is 13.8 Å². The highest BCUT2D eigenvalue weighted by molar-refractivity contribution is 5.88. The lowest BCUT2D eigenvalue weighted by molar-refractivity contribution is -0.141. The van der Waals surface area contributed by atoms with E-state index in [1.165, 1.54) is 0 Å². The topological polar surface area (TPSA) is 66.4 Å². The molecule has 0 spiro atoms. The Morgan fingerprint density at radius 1 is 1.77 bits per heavy atom. The number of carbonyl (C=O) groups is 2. The van der Waals surface area contributed by atoms with Crippen molar-refractivity contribution in [2.45, 2.75) is 32.7 Å². The van der Waals surface area contributed by atoms with Gasteiger partial charge in [0.25, 0.3) is 0 Å². The summed E-state index contributed by atoms with van der Waals surface area (Å²) in [6, 6.07) is -0.678. The standard InChI is InChI=1S/C9H15NO3/c1-3-5(2)6-4-7(11)10-8(6)9(12)13/h5-6,8H,3-4H2,1-2H3,(H,10,11)(H,12,13). The molecule has 4 nitrogen and oxygen atoms in total. The van der Waals surface area contributed by atoms with Crippen molar-refractivity contribution in [3.8, 4) is 0 Å². The van der Waals surface area contributed by atoms with Crippen LogP contribution in [0.5, 0.6) is 0 Å². The molecule has 0 radical (unpaired) electrons. The normalized spacial score (nSPS) is 29.8. The quantitative estimate of drug-likeness (QED) is 0.677. The van der Waals surface area contributed by atoms with E-state index in [1.54, 1.807) is 0 Å². The molecule has 13 heavy (non-hydrogen) atoms. The third-order valence-corrected chi connectivity index (χ3v) is 2.81. The fraction of sp³-hybridized carbons (Fsp3) is 0.778. The summed E-state index contributed by atoms with van der Waals surface area (Å²) in [6.07, 6.45) is 1.26. The largest absolute Gasteiger partial charge is 0.480 e. The Morgan fingerprint density at radius 3 is 2.85 bits per heavy atom. The lowest BCUT2D eigenvalue weighted by Crippen LogP contribution is -2.38. The van der Waals surface area contributed by atoms with Gasteiger partial charge in [-0.3, -0.25) is 4.79 Å². The summed E-state index contributed by atoms with van der Waals surface area (Å²) in [6.45, 7) is 3.99. The molecule has 1 amide bonds. The van der Waals surface area contributed by atoms with Crippen LogP contribution >= 0.6 is 0 Å². The molecule has 1 saturated heterocycles. The third-order valence-electron chi connectivity index (χ3n) is 2.81. The summed E-state index contributed by atoms with van der Waals surface area (Å²) in [7, 11) is 0. The SMILES string of the molecule is CCC(C)C1CC(=O)NC1C(=O)O. The molecule has 0 aliphatic carbocycles. The zero-order chi connectivity index (χ0) is 10.0. The first-order valence-electron chi connectivity index (χ1n) is 4.58. The predicted octanol–water partition coefficient (Wildman–Crippen LogP) is 0.622. The number of aliphatic carboxylic acids is 1. The Balaban J connectivity index is 2.71. The monoisotopic (exact) mass is 185 g/mol. The molecule has 3 atom stereocenters. The van der Waals surface area contributed by atoms with Gasteiger partial charge in [-0.1, -0.05) is 20.3 Å². The van der Waals surface area contributed by atoms with Crippen LogP contribution in [0.4, 0.5) is 0 Å². The lowest BCUT2D eigenvalue weighted by atomic mass is 9.86. The summed E-state index contributed by atoms with van der Waals surface area (Å²) in [5.74, 6) is -0.830. The van der Waals surface area contributed by atoms with Gasteiger partial charge in [0, 0.05) is 12.3 Å². The Kier molecular flexibility index (Phi) is 2.90. The fourth-order valence-electron chi connectivity index (χ4n) is 1.75. The number of carboxylic acids is 1. The second kappa shape index (κ2) is 3.77. The van der Waals surface area contributed by atoms with E-state index in [-0.39, 0.29) is 17.7 Å². The van der Waals surface area contributed by atoms with E-state index in [9.17, 15) is 9.59 Å². The van der Waals surface area contributed by atoms with Gasteiger partial charge in [0.1, 0.15) is 6.04 Å². The van der Waals surface area contributed by atoms with Crippen molar-refractivity contribution in [3.05, 3.63) is 0 Å². The average molecular weight is 185 g/mol. The van der Waals surface area contributed by atoms with Crippen LogP contribution in [-0.2, 0) is 9.59 Å². The van der Waals surface area contributed by atoms with Crippen LogP contribution in [0.15, 0.2) is 0 Å². The van der Waals surface area contributed by atoms with Crippen LogP contribution in [0.3, 0.4) is 0 Å². The maximum absolute atomic E-state index is 11.0. The molecule has 0 bridgehead atoms. The molecule has 2 N–H and O–H groups in total. The van der Waals surface area contributed by atoms with Gasteiger partial charge < -0.3 is 10.4 Å². The fourth-order valence-corrected chi connectivity index (χ4v) is 1.75.